The van der Waals surface area contributed by atoms with Crippen molar-refractivity contribution >= 4 is 5.97 Å². The number of ether oxygens (including phenoxy) is 2. The van der Waals surface area contributed by atoms with Gasteiger partial charge in [0.15, 0.2) is 12.4 Å². The highest BCUT2D eigenvalue weighted by Crippen LogP contribution is 2.22. The van der Waals surface area contributed by atoms with Crippen molar-refractivity contribution in [1.82, 2.24) is 0 Å². The topological polar surface area (TPSA) is 122 Å². The maximum absolute atomic E-state index is 11.1. The highest BCUT2D eigenvalue weighted by Gasteiger charge is 2.45. The first-order chi connectivity index (χ1) is 6.97. The van der Waals surface area contributed by atoms with Crippen LogP contribution in [0.15, 0.2) is 0 Å². The van der Waals surface area contributed by atoms with Gasteiger partial charge >= 0.3 is 5.97 Å². The van der Waals surface area contributed by atoms with Crippen molar-refractivity contribution in [2.45, 2.75) is 37.6 Å². The SMILES string of the molecule is C[C@H](N)C(=O)O[C@H]1C(O)O[C@H](CO)[C@H]1O. The zero-order valence-electron chi connectivity index (χ0n) is 8.24. The van der Waals surface area contributed by atoms with Gasteiger partial charge in [0.25, 0.3) is 0 Å². The molecule has 1 heterocycles. The molecular formula is C8H15NO6. The van der Waals surface area contributed by atoms with Gasteiger partial charge in [-0.1, -0.05) is 0 Å². The molecule has 0 spiro atoms. The molecule has 7 nitrogen and oxygen atoms in total. The molecule has 5 atom stereocenters. The van der Waals surface area contributed by atoms with Gasteiger partial charge in [0.05, 0.1) is 6.61 Å². The Bertz CT molecular complexity index is 233. The van der Waals surface area contributed by atoms with Crippen LogP contribution in [0.4, 0.5) is 0 Å². The Morgan fingerprint density at radius 3 is 2.60 bits per heavy atom. The number of aliphatic hydroxyl groups is 3. The summed E-state index contributed by atoms with van der Waals surface area (Å²) in [7, 11) is 0. The molecule has 88 valence electrons. The quantitative estimate of drug-likeness (QED) is 0.383. The smallest absolute Gasteiger partial charge is 0.323 e. The molecule has 1 rings (SSSR count). The lowest BCUT2D eigenvalue weighted by Gasteiger charge is -2.18. The second-order valence-corrected chi connectivity index (χ2v) is 3.43. The van der Waals surface area contributed by atoms with Crippen LogP contribution in [0, 0.1) is 0 Å². The number of carbonyl (C=O) groups is 1. The predicted octanol–water partition coefficient (Wildman–Crippen LogP) is -2.68. The lowest BCUT2D eigenvalue weighted by atomic mass is 10.1. The van der Waals surface area contributed by atoms with Crippen LogP contribution in [-0.2, 0) is 14.3 Å². The van der Waals surface area contributed by atoms with E-state index in [1.807, 2.05) is 0 Å². The first-order valence-corrected chi connectivity index (χ1v) is 4.56. The van der Waals surface area contributed by atoms with E-state index in [0.29, 0.717) is 0 Å². The molecule has 1 fully saturated rings. The maximum atomic E-state index is 11.1. The van der Waals surface area contributed by atoms with Crippen molar-refractivity contribution in [3.63, 3.8) is 0 Å². The minimum atomic E-state index is -1.44. The van der Waals surface area contributed by atoms with Crippen molar-refractivity contribution in [2.75, 3.05) is 6.61 Å². The van der Waals surface area contributed by atoms with Crippen LogP contribution in [0.25, 0.3) is 0 Å². The molecule has 1 saturated heterocycles. The summed E-state index contributed by atoms with van der Waals surface area (Å²) in [6, 6.07) is -0.849. The Morgan fingerprint density at radius 2 is 2.20 bits per heavy atom. The standard InChI is InChI=1S/C8H15NO6/c1-3(9)7(12)15-6-5(11)4(2-10)14-8(6)13/h3-6,8,10-11,13H,2,9H2,1H3/t3-,4+,5+,6+,8?/m0/s1. The van der Waals surface area contributed by atoms with Gasteiger partial charge in [-0.15, -0.1) is 0 Å². The maximum Gasteiger partial charge on any atom is 0.323 e. The van der Waals surface area contributed by atoms with Crippen molar-refractivity contribution in [3.8, 4) is 0 Å². The Labute approximate surface area is 86.4 Å². The Kier molecular flexibility index (Phi) is 4.00. The molecule has 1 unspecified atom stereocenters. The number of hydrogen-bond acceptors (Lipinski definition) is 7. The predicted molar refractivity (Wildman–Crippen MR) is 47.5 cm³/mol. The highest BCUT2D eigenvalue weighted by molar-refractivity contribution is 5.75. The number of rotatable bonds is 3. The van der Waals surface area contributed by atoms with E-state index in [1.54, 1.807) is 0 Å². The van der Waals surface area contributed by atoms with Crippen molar-refractivity contribution < 1.29 is 29.6 Å². The molecule has 7 heteroatoms. The van der Waals surface area contributed by atoms with E-state index in [4.69, 9.17) is 20.3 Å². The largest absolute Gasteiger partial charge is 0.453 e. The van der Waals surface area contributed by atoms with Gasteiger partial charge < -0.3 is 30.5 Å². The van der Waals surface area contributed by atoms with E-state index in [2.05, 4.69) is 0 Å². The number of esters is 1. The van der Waals surface area contributed by atoms with Gasteiger partial charge in [-0.3, -0.25) is 4.79 Å². The van der Waals surface area contributed by atoms with Crippen LogP contribution in [0.5, 0.6) is 0 Å². The molecule has 0 aromatic rings. The average Bonchev–Trinajstić information content (AvgIpc) is 2.44. The number of aliphatic hydroxyl groups excluding tert-OH is 3. The summed E-state index contributed by atoms with van der Waals surface area (Å²) in [6.07, 6.45) is -4.86. The number of carbonyl (C=O) groups excluding carboxylic acids is 1. The fraction of sp³-hybridized carbons (Fsp3) is 0.875. The third kappa shape index (κ3) is 2.64. The van der Waals surface area contributed by atoms with E-state index >= 15 is 0 Å². The third-order valence-electron chi connectivity index (χ3n) is 2.12. The number of nitrogens with two attached hydrogens (primary N) is 1. The van der Waals surface area contributed by atoms with Gasteiger partial charge in [0.1, 0.15) is 18.2 Å². The van der Waals surface area contributed by atoms with Crippen LogP contribution < -0.4 is 5.73 Å². The molecule has 0 aromatic carbocycles. The zero-order valence-corrected chi connectivity index (χ0v) is 8.24. The number of hydrogen-bond donors (Lipinski definition) is 4. The summed E-state index contributed by atoms with van der Waals surface area (Å²) in [4.78, 5) is 11.1. The van der Waals surface area contributed by atoms with E-state index in [9.17, 15) is 15.0 Å². The van der Waals surface area contributed by atoms with Crippen LogP contribution in [0.2, 0.25) is 0 Å². The average molecular weight is 221 g/mol. The second-order valence-electron chi connectivity index (χ2n) is 3.43. The molecule has 0 aromatic heterocycles. The Morgan fingerprint density at radius 1 is 1.60 bits per heavy atom. The summed E-state index contributed by atoms with van der Waals surface area (Å²) in [6.45, 7) is 0.949. The minimum absolute atomic E-state index is 0.468. The van der Waals surface area contributed by atoms with Crippen molar-refractivity contribution in [3.05, 3.63) is 0 Å². The van der Waals surface area contributed by atoms with Crippen LogP contribution in [-0.4, -0.2) is 58.5 Å². The zero-order chi connectivity index (χ0) is 11.6. The van der Waals surface area contributed by atoms with E-state index in [-0.39, 0.29) is 0 Å². The molecule has 0 radical (unpaired) electrons. The molecule has 0 saturated carbocycles. The summed E-state index contributed by atoms with van der Waals surface area (Å²) < 4.78 is 9.48. The van der Waals surface area contributed by atoms with E-state index in [1.165, 1.54) is 6.92 Å². The molecule has 0 amide bonds. The molecule has 0 bridgehead atoms. The highest BCUT2D eigenvalue weighted by atomic mass is 16.7. The molecule has 0 aliphatic carbocycles. The van der Waals surface area contributed by atoms with Crippen molar-refractivity contribution in [1.29, 1.82) is 0 Å². The summed E-state index contributed by atoms with van der Waals surface area (Å²) in [5, 5.41) is 27.5. The monoisotopic (exact) mass is 221 g/mol. The van der Waals surface area contributed by atoms with Gasteiger partial charge in [-0.2, -0.15) is 0 Å². The fourth-order valence-electron chi connectivity index (χ4n) is 1.24. The first kappa shape index (κ1) is 12.3. The van der Waals surface area contributed by atoms with Crippen LogP contribution in [0.1, 0.15) is 6.92 Å². The Balaban J connectivity index is 2.58. The Hall–Kier alpha value is -0.730. The molecule has 1 aliphatic rings. The molecule has 1 aliphatic heterocycles. The molecule has 15 heavy (non-hydrogen) atoms. The summed E-state index contributed by atoms with van der Waals surface area (Å²) in [5.74, 6) is -0.750. The third-order valence-corrected chi connectivity index (χ3v) is 2.12. The van der Waals surface area contributed by atoms with Crippen LogP contribution in [0.3, 0.4) is 0 Å². The second kappa shape index (κ2) is 4.86. The van der Waals surface area contributed by atoms with Gasteiger partial charge in [-0.05, 0) is 6.92 Å². The van der Waals surface area contributed by atoms with E-state index < -0.39 is 43.2 Å². The summed E-state index contributed by atoms with van der Waals surface area (Å²) in [5.41, 5.74) is 5.24. The van der Waals surface area contributed by atoms with Crippen LogP contribution >= 0.6 is 0 Å². The van der Waals surface area contributed by atoms with Gasteiger partial charge in [-0.25, -0.2) is 0 Å². The lowest BCUT2D eigenvalue weighted by Crippen LogP contribution is -2.41. The van der Waals surface area contributed by atoms with Gasteiger partial charge in [0.2, 0.25) is 0 Å². The van der Waals surface area contributed by atoms with E-state index in [0.717, 1.165) is 0 Å². The first-order valence-electron chi connectivity index (χ1n) is 4.56. The fourth-order valence-corrected chi connectivity index (χ4v) is 1.24. The molecule has 5 N–H and O–H groups in total. The minimum Gasteiger partial charge on any atom is -0.453 e. The van der Waals surface area contributed by atoms with Crippen molar-refractivity contribution in [2.24, 2.45) is 5.73 Å². The lowest BCUT2D eigenvalue weighted by molar-refractivity contribution is -0.173. The summed E-state index contributed by atoms with van der Waals surface area (Å²) >= 11 is 0. The van der Waals surface area contributed by atoms with Gasteiger partial charge in [0, 0.05) is 0 Å². The normalized spacial score (nSPS) is 37.7. The molecular weight excluding hydrogens is 206 g/mol.